The number of hydrogen-bond acceptors (Lipinski definition) is 2. The highest BCUT2D eigenvalue weighted by Gasteiger charge is 2.25. The van der Waals surface area contributed by atoms with Gasteiger partial charge in [-0.1, -0.05) is 29.8 Å². The summed E-state index contributed by atoms with van der Waals surface area (Å²) in [5.74, 6) is -6.91. The molecule has 0 aliphatic heterocycles. The molecule has 0 radical (unpaired) electrons. The third-order valence-corrected chi connectivity index (χ3v) is 2.21. The molecule has 0 N–H and O–H groups in total. The van der Waals surface area contributed by atoms with E-state index >= 15 is 0 Å². The van der Waals surface area contributed by atoms with Crippen LogP contribution in [0.4, 0.5) is 13.2 Å². The molecule has 16 heavy (non-hydrogen) atoms. The van der Waals surface area contributed by atoms with Crippen LogP contribution in [0.2, 0.25) is 10.0 Å². The number of ether oxygens (including phenoxy) is 1. The van der Waals surface area contributed by atoms with Crippen LogP contribution in [0.5, 0.6) is 5.75 Å². The number of carbonyl (C=O) groups excluding carboxylic acids is 1. The average molecular weight is 271 g/mol. The van der Waals surface area contributed by atoms with E-state index in [-0.39, 0.29) is 0 Å². The molecule has 0 atom stereocenters. The Hall–Kier alpha value is -1.20. The summed E-state index contributed by atoms with van der Waals surface area (Å²) in [6.07, 6.45) is 0.681. The summed E-state index contributed by atoms with van der Waals surface area (Å²) in [5, 5.41) is -2.03. The molecule has 1 aromatic rings. The molecule has 0 saturated heterocycles. The molecule has 7 heteroatoms. The van der Waals surface area contributed by atoms with Gasteiger partial charge in [-0.15, -0.1) is 0 Å². The first-order valence-corrected chi connectivity index (χ1v) is 4.51. The lowest BCUT2D eigenvalue weighted by atomic mass is 10.3. The van der Waals surface area contributed by atoms with Crippen molar-refractivity contribution in [1.29, 1.82) is 0 Å². The standard InChI is InChI=1S/C9H3Cl2F3O2/c1-2-3(15)16-9-5(11)6(12)4(10)7(13)8(9)14/h2H,1H2. The minimum absolute atomic E-state index is 0.681. The Balaban J connectivity index is 3.39. The second-order valence-corrected chi connectivity index (χ2v) is 3.28. The normalized spacial score (nSPS) is 10.1. The van der Waals surface area contributed by atoms with Crippen LogP contribution in [0.3, 0.4) is 0 Å². The lowest BCUT2D eigenvalue weighted by Crippen LogP contribution is -2.07. The van der Waals surface area contributed by atoms with E-state index < -0.39 is 39.2 Å². The lowest BCUT2D eigenvalue weighted by Gasteiger charge is -2.08. The third kappa shape index (κ3) is 2.15. The molecule has 2 nitrogen and oxygen atoms in total. The topological polar surface area (TPSA) is 26.3 Å². The van der Waals surface area contributed by atoms with Gasteiger partial charge in [0.15, 0.2) is 17.4 Å². The molecule has 0 saturated carbocycles. The van der Waals surface area contributed by atoms with Gasteiger partial charge in [-0.3, -0.25) is 0 Å². The number of benzene rings is 1. The fourth-order valence-corrected chi connectivity index (χ4v) is 1.26. The summed E-state index contributed by atoms with van der Waals surface area (Å²) < 4.78 is 43.5. The number of hydrogen-bond donors (Lipinski definition) is 0. The zero-order valence-electron chi connectivity index (χ0n) is 7.49. The fraction of sp³-hybridized carbons (Fsp3) is 0. The number of rotatable bonds is 2. The molecule has 0 unspecified atom stereocenters. The van der Waals surface area contributed by atoms with Crippen molar-refractivity contribution in [2.45, 2.75) is 0 Å². The van der Waals surface area contributed by atoms with E-state index in [1.165, 1.54) is 0 Å². The van der Waals surface area contributed by atoms with Gasteiger partial charge in [0.05, 0.1) is 0 Å². The first-order valence-electron chi connectivity index (χ1n) is 3.75. The van der Waals surface area contributed by atoms with E-state index in [0.29, 0.717) is 6.08 Å². The SMILES string of the molecule is C=CC(=O)Oc1c(F)c(F)c(Cl)c(F)c1Cl. The highest BCUT2D eigenvalue weighted by molar-refractivity contribution is 6.36. The van der Waals surface area contributed by atoms with Gasteiger partial charge in [0.25, 0.3) is 0 Å². The van der Waals surface area contributed by atoms with E-state index in [9.17, 15) is 18.0 Å². The van der Waals surface area contributed by atoms with Crippen LogP contribution in [0, 0.1) is 17.5 Å². The van der Waals surface area contributed by atoms with Gasteiger partial charge in [0, 0.05) is 6.08 Å². The maximum atomic E-state index is 13.2. The first-order chi connectivity index (χ1) is 7.40. The molecule has 0 fully saturated rings. The number of halogens is 5. The first kappa shape index (κ1) is 12.9. The van der Waals surface area contributed by atoms with Crippen LogP contribution in [-0.4, -0.2) is 5.97 Å². The van der Waals surface area contributed by atoms with Crippen LogP contribution in [0.1, 0.15) is 0 Å². The largest absolute Gasteiger partial charge is 0.418 e. The Morgan fingerprint density at radius 1 is 1.12 bits per heavy atom. The Kier molecular flexibility index (Phi) is 3.83. The van der Waals surface area contributed by atoms with E-state index in [2.05, 4.69) is 11.3 Å². The minimum atomic E-state index is -1.68. The maximum Gasteiger partial charge on any atom is 0.335 e. The Labute approximate surface area is 98.2 Å². The highest BCUT2D eigenvalue weighted by atomic mass is 35.5. The smallest absolute Gasteiger partial charge is 0.335 e. The molecule has 0 spiro atoms. The lowest BCUT2D eigenvalue weighted by molar-refractivity contribution is -0.129. The Morgan fingerprint density at radius 2 is 1.69 bits per heavy atom. The quantitative estimate of drug-likeness (QED) is 0.270. The molecule has 1 aromatic carbocycles. The van der Waals surface area contributed by atoms with E-state index in [1.807, 2.05) is 0 Å². The predicted octanol–water partition coefficient (Wildman–Crippen LogP) is 3.50. The molecule has 0 heterocycles. The summed E-state index contributed by atoms with van der Waals surface area (Å²) >= 11 is 10.4. The van der Waals surface area contributed by atoms with Crippen LogP contribution in [0.15, 0.2) is 12.7 Å². The summed E-state index contributed by atoms with van der Waals surface area (Å²) in [6.45, 7) is 3.02. The number of carbonyl (C=O) groups is 1. The zero-order chi connectivity index (χ0) is 12.5. The predicted molar refractivity (Wildman–Crippen MR) is 52.2 cm³/mol. The molecule has 0 bridgehead atoms. The van der Waals surface area contributed by atoms with Crippen molar-refractivity contribution >= 4 is 29.2 Å². The molecule has 1 rings (SSSR count). The molecule has 0 aliphatic rings. The minimum Gasteiger partial charge on any atom is -0.418 e. The van der Waals surface area contributed by atoms with Crippen molar-refractivity contribution in [2.24, 2.45) is 0 Å². The highest BCUT2D eigenvalue weighted by Crippen LogP contribution is 2.37. The van der Waals surface area contributed by atoms with Crippen molar-refractivity contribution in [2.75, 3.05) is 0 Å². The van der Waals surface area contributed by atoms with Gasteiger partial charge in [0.1, 0.15) is 10.0 Å². The maximum absolute atomic E-state index is 13.2. The van der Waals surface area contributed by atoms with E-state index in [0.717, 1.165) is 0 Å². The van der Waals surface area contributed by atoms with Crippen molar-refractivity contribution in [3.8, 4) is 5.75 Å². The Bertz CT molecular complexity index is 445. The monoisotopic (exact) mass is 270 g/mol. The summed E-state index contributed by atoms with van der Waals surface area (Å²) in [7, 11) is 0. The Morgan fingerprint density at radius 3 is 2.19 bits per heavy atom. The zero-order valence-corrected chi connectivity index (χ0v) is 9.00. The van der Waals surface area contributed by atoms with Gasteiger partial charge in [0.2, 0.25) is 5.82 Å². The van der Waals surface area contributed by atoms with Gasteiger partial charge in [-0.2, -0.15) is 4.39 Å². The van der Waals surface area contributed by atoms with Crippen molar-refractivity contribution < 1.29 is 22.7 Å². The van der Waals surface area contributed by atoms with Crippen LogP contribution in [0.25, 0.3) is 0 Å². The molecule has 86 valence electrons. The van der Waals surface area contributed by atoms with Gasteiger partial charge >= 0.3 is 5.97 Å². The molecule has 0 amide bonds. The van der Waals surface area contributed by atoms with Gasteiger partial charge < -0.3 is 4.74 Å². The van der Waals surface area contributed by atoms with Crippen molar-refractivity contribution in [3.05, 3.63) is 40.2 Å². The molecular weight excluding hydrogens is 268 g/mol. The van der Waals surface area contributed by atoms with E-state index in [1.54, 1.807) is 0 Å². The molecular formula is C9H3Cl2F3O2. The number of esters is 1. The fourth-order valence-electron chi connectivity index (χ4n) is 0.817. The van der Waals surface area contributed by atoms with Gasteiger partial charge in [-0.25, -0.2) is 13.6 Å². The summed E-state index contributed by atoms with van der Waals surface area (Å²) in [5.41, 5.74) is 0. The van der Waals surface area contributed by atoms with Crippen molar-refractivity contribution in [3.63, 3.8) is 0 Å². The van der Waals surface area contributed by atoms with Crippen molar-refractivity contribution in [1.82, 2.24) is 0 Å². The van der Waals surface area contributed by atoms with Crippen LogP contribution < -0.4 is 4.74 Å². The summed E-state index contributed by atoms with van der Waals surface area (Å²) in [4.78, 5) is 10.7. The third-order valence-electron chi connectivity index (χ3n) is 1.54. The van der Waals surface area contributed by atoms with E-state index in [4.69, 9.17) is 23.2 Å². The van der Waals surface area contributed by atoms with Crippen LogP contribution in [-0.2, 0) is 4.79 Å². The van der Waals surface area contributed by atoms with Gasteiger partial charge in [-0.05, 0) is 0 Å². The average Bonchev–Trinajstić information content (AvgIpc) is 2.29. The second-order valence-electron chi connectivity index (χ2n) is 2.52. The molecule has 0 aliphatic carbocycles. The summed E-state index contributed by atoms with van der Waals surface area (Å²) in [6, 6.07) is 0. The molecule has 0 aromatic heterocycles. The van der Waals surface area contributed by atoms with Crippen LogP contribution >= 0.6 is 23.2 Å². The second kappa shape index (κ2) is 4.76.